The van der Waals surface area contributed by atoms with E-state index in [9.17, 15) is 0 Å². The molecule has 1 aliphatic heterocycles. The van der Waals surface area contributed by atoms with Gasteiger partial charge in [-0.25, -0.2) is 0 Å². The molecule has 1 aliphatic rings. The van der Waals surface area contributed by atoms with Crippen LogP contribution >= 0.6 is 22.6 Å². The fraction of sp³-hybridized carbons (Fsp3) is 0.455. The molecule has 1 aromatic carbocycles. The Labute approximate surface area is 92.6 Å². The maximum atomic E-state index is 5.75. The number of fused-ring (bicyclic) bond motifs is 1. The molecule has 0 aliphatic carbocycles. The Hall–Kier alpha value is -0.250. The van der Waals surface area contributed by atoms with Crippen LogP contribution in [0.3, 0.4) is 0 Å². The smallest absolute Gasteiger partial charge is 0.123 e. The van der Waals surface area contributed by atoms with Crippen LogP contribution in [0.25, 0.3) is 0 Å². The minimum Gasteiger partial charge on any atom is -0.489 e. The van der Waals surface area contributed by atoms with E-state index in [2.05, 4.69) is 47.7 Å². The predicted molar refractivity (Wildman–Crippen MR) is 62.8 cm³/mol. The molecule has 0 N–H and O–H groups in total. The van der Waals surface area contributed by atoms with Crippen LogP contribution in [0.1, 0.15) is 18.1 Å². The molecule has 0 amide bonds. The lowest BCUT2D eigenvalue weighted by Crippen LogP contribution is -2.13. The molecule has 1 heterocycles. The molecule has 0 fully saturated rings. The van der Waals surface area contributed by atoms with E-state index >= 15 is 0 Å². The number of alkyl halides is 1. The van der Waals surface area contributed by atoms with Crippen molar-refractivity contribution < 1.29 is 4.74 Å². The van der Waals surface area contributed by atoms with E-state index < -0.39 is 0 Å². The highest BCUT2D eigenvalue weighted by molar-refractivity contribution is 14.1. The number of halogens is 1. The summed E-state index contributed by atoms with van der Waals surface area (Å²) in [4.78, 5) is 0. The van der Waals surface area contributed by atoms with Gasteiger partial charge >= 0.3 is 0 Å². The van der Waals surface area contributed by atoms with Gasteiger partial charge < -0.3 is 4.74 Å². The molecule has 0 saturated heterocycles. The van der Waals surface area contributed by atoms with Gasteiger partial charge in [0, 0.05) is 10.8 Å². The summed E-state index contributed by atoms with van der Waals surface area (Å²) in [5.41, 5.74) is 2.80. The first kappa shape index (κ1) is 9.31. The topological polar surface area (TPSA) is 9.23 Å². The Morgan fingerprint density at radius 2 is 2.38 bits per heavy atom. The summed E-state index contributed by atoms with van der Waals surface area (Å²) >= 11 is 2.38. The van der Waals surface area contributed by atoms with E-state index in [1.807, 2.05) is 0 Å². The lowest BCUT2D eigenvalue weighted by molar-refractivity contribution is 0.262. The Morgan fingerprint density at radius 3 is 3.08 bits per heavy atom. The summed E-state index contributed by atoms with van der Waals surface area (Å²) in [6.45, 7) is 2.19. The first-order valence-corrected chi connectivity index (χ1v) is 6.20. The summed E-state index contributed by atoms with van der Waals surface area (Å²) in [5, 5.41) is 0. The zero-order valence-corrected chi connectivity index (χ0v) is 9.87. The SMILES string of the molecule is CCc1ccc2c(c1)CC(CI)O2. The van der Waals surface area contributed by atoms with Crippen molar-refractivity contribution in [3.05, 3.63) is 29.3 Å². The van der Waals surface area contributed by atoms with Crippen LogP contribution < -0.4 is 4.74 Å². The van der Waals surface area contributed by atoms with Crippen LogP contribution in [0.2, 0.25) is 0 Å². The zero-order valence-electron chi connectivity index (χ0n) is 7.72. The number of rotatable bonds is 2. The second-order valence-corrected chi connectivity index (χ2v) is 4.27. The van der Waals surface area contributed by atoms with Gasteiger partial charge in [0.05, 0.1) is 0 Å². The first-order chi connectivity index (χ1) is 6.33. The Bertz CT molecular complexity index is 309. The van der Waals surface area contributed by atoms with Gasteiger partial charge in [0.2, 0.25) is 0 Å². The van der Waals surface area contributed by atoms with Crippen molar-refractivity contribution in [3.63, 3.8) is 0 Å². The molecule has 13 heavy (non-hydrogen) atoms. The molecular weight excluding hydrogens is 275 g/mol. The molecule has 0 spiro atoms. The summed E-state index contributed by atoms with van der Waals surface area (Å²) in [6, 6.07) is 6.55. The highest BCUT2D eigenvalue weighted by Gasteiger charge is 2.21. The number of aryl methyl sites for hydroxylation is 1. The largest absolute Gasteiger partial charge is 0.489 e. The standard InChI is InChI=1S/C11H13IO/c1-2-8-3-4-11-9(5-8)6-10(7-12)13-11/h3-5,10H,2,6-7H2,1H3. The molecular formula is C11H13IO. The molecule has 70 valence electrons. The third kappa shape index (κ3) is 1.82. The van der Waals surface area contributed by atoms with Crippen LogP contribution in [0.4, 0.5) is 0 Å². The van der Waals surface area contributed by atoms with Gasteiger partial charge in [0.15, 0.2) is 0 Å². The number of benzene rings is 1. The van der Waals surface area contributed by atoms with E-state index in [1.165, 1.54) is 11.1 Å². The molecule has 1 unspecified atom stereocenters. The summed E-state index contributed by atoms with van der Waals surface area (Å²) < 4.78 is 6.83. The van der Waals surface area contributed by atoms with Crippen molar-refractivity contribution in [1.82, 2.24) is 0 Å². The van der Waals surface area contributed by atoms with E-state index in [4.69, 9.17) is 4.74 Å². The van der Waals surface area contributed by atoms with Gasteiger partial charge in [0.25, 0.3) is 0 Å². The van der Waals surface area contributed by atoms with Crippen LogP contribution in [0, 0.1) is 0 Å². The average Bonchev–Trinajstić information content (AvgIpc) is 2.58. The van der Waals surface area contributed by atoms with Crippen molar-refractivity contribution in [1.29, 1.82) is 0 Å². The fourth-order valence-electron chi connectivity index (χ4n) is 1.68. The lowest BCUT2D eigenvalue weighted by Gasteiger charge is -2.04. The Balaban J connectivity index is 2.25. The van der Waals surface area contributed by atoms with Crippen molar-refractivity contribution in [2.24, 2.45) is 0 Å². The monoisotopic (exact) mass is 288 g/mol. The van der Waals surface area contributed by atoms with E-state index in [0.29, 0.717) is 6.10 Å². The summed E-state index contributed by atoms with van der Waals surface area (Å²) in [5.74, 6) is 1.10. The number of hydrogen-bond donors (Lipinski definition) is 0. The maximum Gasteiger partial charge on any atom is 0.123 e. The van der Waals surface area contributed by atoms with Crippen LogP contribution in [-0.4, -0.2) is 10.5 Å². The molecule has 0 saturated carbocycles. The van der Waals surface area contributed by atoms with Gasteiger partial charge in [-0.2, -0.15) is 0 Å². The zero-order chi connectivity index (χ0) is 9.26. The normalized spacial score (nSPS) is 19.7. The van der Waals surface area contributed by atoms with Crippen LogP contribution in [0.5, 0.6) is 5.75 Å². The van der Waals surface area contributed by atoms with Crippen LogP contribution in [0.15, 0.2) is 18.2 Å². The van der Waals surface area contributed by atoms with E-state index in [1.54, 1.807) is 0 Å². The van der Waals surface area contributed by atoms with Gasteiger partial charge in [-0.05, 0) is 23.6 Å². The van der Waals surface area contributed by atoms with E-state index in [-0.39, 0.29) is 0 Å². The third-order valence-corrected chi connectivity index (χ3v) is 3.43. The van der Waals surface area contributed by atoms with Crippen molar-refractivity contribution in [2.75, 3.05) is 4.43 Å². The highest BCUT2D eigenvalue weighted by Crippen LogP contribution is 2.30. The van der Waals surface area contributed by atoms with Crippen molar-refractivity contribution in [2.45, 2.75) is 25.9 Å². The van der Waals surface area contributed by atoms with Gasteiger partial charge in [-0.1, -0.05) is 41.6 Å². The average molecular weight is 288 g/mol. The van der Waals surface area contributed by atoms with Crippen molar-refractivity contribution in [3.8, 4) is 5.75 Å². The Morgan fingerprint density at radius 1 is 1.54 bits per heavy atom. The molecule has 0 aromatic heterocycles. The maximum absolute atomic E-state index is 5.75. The van der Waals surface area contributed by atoms with E-state index in [0.717, 1.165) is 23.0 Å². The fourth-order valence-corrected chi connectivity index (χ4v) is 2.17. The molecule has 1 nitrogen and oxygen atoms in total. The van der Waals surface area contributed by atoms with Gasteiger partial charge in [-0.3, -0.25) is 0 Å². The number of ether oxygens (including phenoxy) is 1. The summed E-state index contributed by atoms with van der Waals surface area (Å²) in [7, 11) is 0. The van der Waals surface area contributed by atoms with Gasteiger partial charge in [0.1, 0.15) is 11.9 Å². The molecule has 1 aromatic rings. The second kappa shape index (κ2) is 3.86. The quantitative estimate of drug-likeness (QED) is 0.600. The predicted octanol–water partition coefficient (Wildman–Crippen LogP) is 2.99. The summed E-state index contributed by atoms with van der Waals surface area (Å²) in [6.07, 6.45) is 2.61. The van der Waals surface area contributed by atoms with Crippen LogP contribution in [-0.2, 0) is 12.8 Å². The molecule has 2 heteroatoms. The van der Waals surface area contributed by atoms with Gasteiger partial charge in [-0.15, -0.1) is 0 Å². The number of hydrogen-bond acceptors (Lipinski definition) is 1. The first-order valence-electron chi connectivity index (χ1n) is 4.68. The lowest BCUT2D eigenvalue weighted by atomic mass is 10.1. The third-order valence-electron chi connectivity index (χ3n) is 2.45. The molecule has 0 bridgehead atoms. The molecule has 2 rings (SSSR count). The minimum absolute atomic E-state index is 0.405. The second-order valence-electron chi connectivity index (χ2n) is 3.39. The Kier molecular flexibility index (Phi) is 2.77. The van der Waals surface area contributed by atoms with Crippen molar-refractivity contribution >= 4 is 22.6 Å². The molecule has 1 atom stereocenters. The minimum atomic E-state index is 0.405. The molecule has 0 radical (unpaired) electrons. The highest BCUT2D eigenvalue weighted by atomic mass is 127.